The van der Waals surface area contributed by atoms with Crippen LogP contribution >= 0.6 is 0 Å². The van der Waals surface area contributed by atoms with Gasteiger partial charge >= 0.3 is 0 Å². The number of rotatable bonds is 7. The molecular formula is C15H24N2O2. The Morgan fingerprint density at radius 1 is 1.37 bits per heavy atom. The summed E-state index contributed by atoms with van der Waals surface area (Å²) in [5, 5.41) is 13.5. The summed E-state index contributed by atoms with van der Waals surface area (Å²) < 4.78 is 5.65. The highest BCUT2D eigenvalue weighted by Crippen LogP contribution is 2.15. The van der Waals surface area contributed by atoms with Gasteiger partial charge in [-0.25, -0.2) is 0 Å². The summed E-state index contributed by atoms with van der Waals surface area (Å²) in [5.41, 5.74) is -0.547. The average Bonchev–Trinajstić information content (AvgIpc) is 2.82. The van der Waals surface area contributed by atoms with Crippen LogP contribution in [0.1, 0.15) is 12.8 Å². The first kappa shape index (κ1) is 14.3. The molecule has 0 aromatic heterocycles. The molecule has 0 bridgehead atoms. The van der Waals surface area contributed by atoms with Gasteiger partial charge in [-0.3, -0.25) is 0 Å². The molecule has 0 amide bonds. The molecule has 1 aliphatic heterocycles. The fourth-order valence-corrected chi connectivity index (χ4v) is 2.49. The highest BCUT2D eigenvalue weighted by atomic mass is 16.5. The lowest BCUT2D eigenvalue weighted by Gasteiger charge is -2.27. The molecule has 1 saturated heterocycles. The van der Waals surface area contributed by atoms with Gasteiger partial charge in [0.25, 0.3) is 0 Å². The Balaban J connectivity index is 1.60. The fraction of sp³-hybridized carbons (Fsp3) is 0.600. The van der Waals surface area contributed by atoms with Crippen LogP contribution in [-0.4, -0.2) is 55.4 Å². The van der Waals surface area contributed by atoms with E-state index in [4.69, 9.17) is 4.74 Å². The maximum absolute atomic E-state index is 10.3. The zero-order valence-electron chi connectivity index (χ0n) is 11.6. The molecule has 0 saturated carbocycles. The molecule has 19 heavy (non-hydrogen) atoms. The smallest absolute Gasteiger partial charge is 0.119 e. The zero-order chi connectivity index (χ0) is 13.6. The van der Waals surface area contributed by atoms with Crippen LogP contribution in [0, 0.1) is 0 Å². The van der Waals surface area contributed by atoms with Crippen molar-refractivity contribution in [1.82, 2.24) is 10.2 Å². The molecule has 1 unspecified atom stereocenters. The first-order valence-corrected chi connectivity index (χ1v) is 6.97. The normalized spacial score (nSPS) is 22.9. The third-order valence-corrected chi connectivity index (χ3v) is 3.48. The Kier molecular flexibility index (Phi) is 5.19. The van der Waals surface area contributed by atoms with Crippen LogP contribution in [0.3, 0.4) is 0 Å². The summed E-state index contributed by atoms with van der Waals surface area (Å²) in [7, 11) is 2.05. The molecule has 2 N–H and O–H groups in total. The van der Waals surface area contributed by atoms with Gasteiger partial charge in [0.15, 0.2) is 0 Å². The standard InChI is InChI=1S/C15H24N2O2/c1-17(13-15(18)8-9-16-12-15)10-5-11-19-14-6-3-2-4-7-14/h2-4,6-7,16,18H,5,8-13H2,1H3. The highest BCUT2D eigenvalue weighted by Gasteiger charge is 2.31. The second kappa shape index (κ2) is 6.89. The lowest BCUT2D eigenvalue weighted by atomic mass is 10.0. The predicted molar refractivity (Wildman–Crippen MR) is 76.5 cm³/mol. The van der Waals surface area contributed by atoms with E-state index in [9.17, 15) is 5.11 Å². The molecule has 106 valence electrons. The van der Waals surface area contributed by atoms with Crippen LogP contribution in [0.25, 0.3) is 0 Å². The first-order chi connectivity index (χ1) is 9.18. The Morgan fingerprint density at radius 3 is 2.84 bits per heavy atom. The molecule has 4 heteroatoms. The third kappa shape index (κ3) is 4.82. The number of β-amino-alcohol motifs (C(OH)–C–C–N with tert-alkyl or cyclic N) is 1. The average molecular weight is 264 g/mol. The first-order valence-electron chi connectivity index (χ1n) is 6.97. The maximum atomic E-state index is 10.3. The number of hydrogen-bond donors (Lipinski definition) is 2. The number of benzene rings is 1. The van der Waals surface area contributed by atoms with Gasteiger partial charge in [0.05, 0.1) is 12.2 Å². The van der Waals surface area contributed by atoms with Gasteiger partial charge in [-0.05, 0) is 38.6 Å². The van der Waals surface area contributed by atoms with Gasteiger partial charge in [0.1, 0.15) is 5.75 Å². The molecule has 1 atom stereocenters. The van der Waals surface area contributed by atoms with Crippen molar-refractivity contribution in [1.29, 1.82) is 0 Å². The number of para-hydroxylation sites is 1. The van der Waals surface area contributed by atoms with Crippen molar-refractivity contribution in [2.75, 3.05) is 39.8 Å². The van der Waals surface area contributed by atoms with E-state index in [0.29, 0.717) is 13.2 Å². The van der Waals surface area contributed by atoms with Crippen LogP contribution < -0.4 is 10.1 Å². The zero-order valence-corrected chi connectivity index (χ0v) is 11.6. The van der Waals surface area contributed by atoms with E-state index in [-0.39, 0.29) is 0 Å². The highest BCUT2D eigenvalue weighted by molar-refractivity contribution is 5.20. The molecule has 1 heterocycles. The molecule has 0 radical (unpaired) electrons. The minimum atomic E-state index is -0.547. The number of ether oxygens (including phenoxy) is 1. The van der Waals surface area contributed by atoms with Gasteiger partial charge in [0, 0.05) is 19.6 Å². The van der Waals surface area contributed by atoms with Gasteiger partial charge in [-0.1, -0.05) is 18.2 Å². The third-order valence-electron chi connectivity index (χ3n) is 3.48. The van der Waals surface area contributed by atoms with Gasteiger partial charge < -0.3 is 20.1 Å². The molecule has 1 aromatic carbocycles. The van der Waals surface area contributed by atoms with E-state index < -0.39 is 5.60 Å². The van der Waals surface area contributed by atoms with E-state index in [1.54, 1.807) is 0 Å². The van der Waals surface area contributed by atoms with Crippen molar-refractivity contribution in [3.63, 3.8) is 0 Å². The summed E-state index contributed by atoms with van der Waals surface area (Å²) >= 11 is 0. The molecule has 2 rings (SSSR count). The fourth-order valence-electron chi connectivity index (χ4n) is 2.49. The number of aliphatic hydroxyl groups is 1. The molecule has 1 aromatic rings. The summed E-state index contributed by atoms with van der Waals surface area (Å²) in [4.78, 5) is 2.18. The SMILES string of the molecule is CN(CCCOc1ccccc1)CC1(O)CCNC1. The van der Waals surface area contributed by atoms with Gasteiger partial charge in [-0.2, -0.15) is 0 Å². The van der Waals surface area contributed by atoms with Crippen LogP contribution in [-0.2, 0) is 0 Å². The van der Waals surface area contributed by atoms with E-state index in [2.05, 4.69) is 17.3 Å². The minimum Gasteiger partial charge on any atom is -0.494 e. The second-order valence-corrected chi connectivity index (χ2v) is 5.40. The van der Waals surface area contributed by atoms with Crippen molar-refractivity contribution in [3.8, 4) is 5.75 Å². The monoisotopic (exact) mass is 264 g/mol. The Hall–Kier alpha value is -1.10. The van der Waals surface area contributed by atoms with Gasteiger partial charge in [-0.15, -0.1) is 0 Å². The van der Waals surface area contributed by atoms with E-state index in [0.717, 1.165) is 38.2 Å². The summed E-state index contributed by atoms with van der Waals surface area (Å²) in [6, 6.07) is 9.87. The Labute approximate surface area is 115 Å². The molecule has 0 aliphatic carbocycles. The quantitative estimate of drug-likeness (QED) is 0.724. The Morgan fingerprint density at radius 2 is 2.16 bits per heavy atom. The number of likely N-dealkylation sites (N-methyl/N-ethyl adjacent to an activating group) is 1. The van der Waals surface area contributed by atoms with Crippen LogP contribution in [0.15, 0.2) is 30.3 Å². The van der Waals surface area contributed by atoms with E-state index in [1.165, 1.54) is 0 Å². The lowest BCUT2D eigenvalue weighted by molar-refractivity contribution is 0.0273. The number of nitrogens with one attached hydrogen (secondary N) is 1. The molecule has 1 aliphatic rings. The topological polar surface area (TPSA) is 44.7 Å². The lowest BCUT2D eigenvalue weighted by Crippen LogP contribution is -2.43. The molecule has 1 fully saturated rings. The van der Waals surface area contributed by atoms with Crippen molar-refractivity contribution >= 4 is 0 Å². The summed E-state index contributed by atoms with van der Waals surface area (Å²) in [6.45, 7) is 4.00. The molecule has 4 nitrogen and oxygen atoms in total. The molecule has 0 spiro atoms. The van der Waals surface area contributed by atoms with E-state index in [1.807, 2.05) is 30.3 Å². The molecular weight excluding hydrogens is 240 g/mol. The Bertz CT molecular complexity index is 364. The van der Waals surface area contributed by atoms with Crippen molar-refractivity contribution in [3.05, 3.63) is 30.3 Å². The summed E-state index contributed by atoms with van der Waals surface area (Å²) in [5.74, 6) is 0.920. The van der Waals surface area contributed by atoms with Crippen molar-refractivity contribution in [2.24, 2.45) is 0 Å². The van der Waals surface area contributed by atoms with Crippen molar-refractivity contribution < 1.29 is 9.84 Å². The van der Waals surface area contributed by atoms with Crippen LogP contribution in [0.4, 0.5) is 0 Å². The van der Waals surface area contributed by atoms with Crippen LogP contribution in [0.2, 0.25) is 0 Å². The largest absolute Gasteiger partial charge is 0.494 e. The van der Waals surface area contributed by atoms with Crippen LogP contribution in [0.5, 0.6) is 5.75 Å². The minimum absolute atomic E-state index is 0.547. The second-order valence-electron chi connectivity index (χ2n) is 5.40. The predicted octanol–water partition coefficient (Wildman–Crippen LogP) is 1.11. The van der Waals surface area contributed by atoms with Gasteiger partial charge in [0.2, 0.25) is 0 Å². The number of hydrogen-bond acceptors (Lipinski definition) is 4. The number of nitrogens with zero attached hydrogens (tertiary/aromatic N) is 1. The maximum Gasteiger partial charge on any atom is 0.119 e. The summed E-state index contributed by atoms with van der Waals surface area (Å²) in [6.07, 6.45) is 1.81. The van der Waals surface area contributed by atoms with Crippen molar-refractivity contribution in [2.45, 2.75) is 18.4 Å². The van der Waals surface area contributed by atoms with E-state index >= 15 is 0 Å².